The van der Waals surface area contributed by atoms with Gasteiger partial charge >= 0.3 is 5.97 Å². The Kier molecular flexibility index (Phi) is 4.90. The molecule has 1 aromatic carbocycles. The van der Waals surface area contributed by atoms with Crippen molar-refractivity contribution >= 4 is 21.7 Å². The first-order chi connectivity index (χ1) is 8.72. The fourth-order valence-corrected chi connectivity index (χ4v) is 2.80. The number of hydrogen-bond acceptors (Lipinski definition) is 4. The summed E-state index contributed by atoms with van der Waals surface area (Å²) in [5.41, 5.74) is 0.644. The van der Waals surface area contributed by atoms with Gasteiger partial charge in [-0.2, -0.15) is 0 Å². The first kappa shape index (κ1) is 15.5. The number of nitrogens with zero attached hydrogens (tertiary/aromatic N) is 1. The number of likely N-dealkylation sites (N-methyl/N-ethyl adjacent to an activating group) is 1. The van der Waals surface area contributed by atoms with Gasteiger partial charge in [-0.25, -0.2) is 13.1 Å². The molecule has 0 saturated heterocycles. The molecule has 0 saturated carbocycles. The molecule has 0 amide bonds. The Morgan fingerprint density at radius 1 is 1.32 bits per heavy atom. The van der Waals surface area contributed by atoms with Gasteiger partial charge in [0.2, 0.25) is 10.0 Å². The van der Waals surface area contributed by atoms with E-state index < -0.39 is 16.0 Å². The SMILES string of the molecule is CC(C)NS(=O)(=O)c1ccc(N(C)CC(=O)O)cc1. The van der Waals surface area contributed by atoms with Crippen molar-refractivity contribution in [3.05, 3.63) is 24.3 Å². The number of aliphatic carboxylic acids is 1. The van der Waals surface area contributed by atoms with Gasteiger partial charge in [0, 0.05) is 18.8 Å². The van der Waals surface area contributed by atoms with Crippen molar-refractivity contribution in [2.24, 2.45) is 0 Å². The van der Waals surface area contributed by atoms with Gasteiger partial charge in [-0.15, -0.1) is 0 Å². The van der Waals surface area contributed by atoms with Crippen molar-refractivity contribution in [1.29, 1.82) is 0 Å². The molecule has 6 nitrogen and oxygen atoms in total. The lowest BCUT2D eigenvalue weighted by molar-refractivity contribution is -0.135. The highest BCUT2D eigenvalue weighted by Crippen LogP contribution is 2.17. The first-order valence-corrected chi connectivity index (χ1v) is 7.26. The fourth-order valence-electron chi connectivity index (χ4n) is 1.55. The van der Waals surface area contributed by atoms with E-state index in [4.69, 9.17) is 5.11 Å². The summed E-state index contributed by atoms with van der Waals surface area (Å²) in [6.45, 7) is 3.34. The summed E-state index contributed by atoms with van der Waals surface area (Å²) in [5, 5.41) is 8.68. The zero-order valence-electron chi connectivity index (χ0n) is 11.1. The number of carboxylic acid groups (broad SMARTS) is 1. The maximum Gasteiger partial charge on any atom is 0.323 e. The van der Waals surface area contributed by atoms with Crippen LogP contribution in [0.4, 0.5) is 5.69 Å². The van der Waals surface area contributed by atoms with Crippen LogP contribution in [0.1, 0.15) is 13.8 Å². The number of benzene rings is 1. The van der Waals surface area contributed by atoms with Crippen molar-refractivity contribution < 1.29 is 18.3 Å². The van der Waals surface area contributed by atoms with E-state index >= 15 is 0 Å². The van der Waals surface area contributed by atoms with Crippen molar-refractivity contribution in [2.45, 2.75) is 24.8 Å². The molecule has 0 radical (unpaired) electrons. The topological polar surface area (TPSA) is 86.7 Å². The summed E-state index contributed by atoms with van der Waals surface area (Å²) in [6.07, 6.45) is 0. The van der Waals surface area contributed by atoms with Gasteiger partial charge in [0.1, 0.15) is 6.54 Å². The van der Waals surface area contributed by atoms with Crippen molar-refractivity contribution in [3.8, 4) is 0 Å². The molecule has 7 heteroatoms. The molecule has 0 fully saturated rings. The number of sulfonamides is 1. The van der Waals surface area contributed by atoms with Crippen LogP contribution in [0, 0.1) is 0 Å². The zero-order valence-corrected chi connectivity index (χ0v) is 11.9. The molecule has 1 rings (SSSR count). The minimum Gasteiger partial charge on any atom is -0.480 e. The van der Waals surface area contributed by atoms with Gasteiger partial charge in [-0.05, 0) is 38.1 Å². The molecular weight excluding hydrogens is 268 g/mol. The third kappa shape index (κ3) is 4.53. The molecule has 0 aromatic heterocycles. The Labute approximate surface area is 113 Å². The maximum atomic E-state index is 11.9. The van der Waals surface area contributed by atoms with E-state index in [1.807, 2.05) is 0 Å². The van der Waals surface area contributed by atoms with Crippen molar-refractivity contribution in [3.63, 3.8) is 0 Å². The largest absolute Gasteiger partial charge is 0.480 e. The zero-order chi connectivity index (χ0) is 14.6. The number of nitrogens with one attached hydrogen (secondary N) is 1. The van der Waals surface area contributed by atoms with E-state index in [-0.39, 0.29) is 17.5 Å². The van der Waals surface area contributed by atoms with Crippen molar-refractivity contribution in [2.75, 3.05) is 18.5 Å². The highest BCUT2D eigenvalue weighted by molar-refractivity contribution is 7.89. The predicted octanol–water partition coefficient (Wildman–Crippen LogP) is 0.894. The Morgan fingerprint density at radius 2 is 1.84 bits per heavy atom. The quantitative estimate of drug-likeness (QED) is 0.811. The van der Waals surface area contributed by atoms with Gasteiger partial charge in [-0.3, -0.25) is 4.79 Å². The second-order valence-corrected chi connectivity index (χ2v) is 6.23. The molecule has 0 atom stereocenters. The van der Waals surface area contributed by atoms with Crippen LogP contribution < -0.4 is 9.62 Å². The molecule has 0 unspecified atom stereocenters. The number of carboxylic acids is 1. The summed E-state index contributed by atoms with van der Waals surface area (Å²) < 4.78 is 26.2. The Morgan fingerprint density at radius 3 is 2.26 bits per heavy atom. The number of carbonyl (C=O) groups is 1. The third-order valence-corrected chi connectivity index (χ3v) is 4.03. The number of anilines is 1. The molecule has 0 spiro atoms. The Bertz CT molecular complexity index is 537. The minimum atomic E-state index is -3.51. The monoisotopic (exact) mass is 286 g/mol. The third-order valence-electron chi connectivity index (χ3n) is 2.35. The Hall–Kier alpha value is -1.60. The van der Waals surface area contributed by atoms with Crippen LogP contribution in [-0.2, 0) is 14.8 Å². The maximum absolute atomic E-state index is 11.9. The average molecular weight is 286 g/mol. The lowest BCUT2D eigenvalue weighted by atomic mass is 10.3. The van der Waals surface area contributed by atoms with Crippen LogP contribution >= 0.6 is 0 Å². The minimum absolute atomic E-state index is 0.143. The lowest BCUT2D eigenvalue weighted by Gasteiger charge is -2.17. The molecule has 19 heavy (non-hydrogen) atoms. The summed E-state index contributed by atoms with van der Waals surface area (Å²) in [6, 6.07) is 5.89. The second kappa shape index (κ2) is 6.03. The smallest absolute Gasteiger partial charge is 0.323 e. The molecule has 0 aliphatic rings. The molecule has 0 heterocycles. The molecule has 0 aliphatic heterocycles. The lowest BCUT2D eigenvalue weighted by Crippen LogP contribution is -2.30. The van der Waals surface area contributed by atoms with E-state index in [0.717, 1.165) is 0 Å². The first-order valence-electron chi connectivity index (χ1n) is 5.77. The van der Waals surface area contributed by atoms with E-state index in [2.05, 4.69) is 4.72 Å². The summed E-state index contributed by atoms with van der Waals surface area (Å²) in [4.78, 5) is 12.3. The van der Waals surface area contributed by atoms with Crippen LogP contribution in [-0.4, -0.2) is 39.1 Å². The molecule has 1 aromatic rings. The summed E-state index contributed by atoms with van der Waals surface area (Å²) in [5.74, 6) is -0.944. The van der Waals surface area contributed by atoms with E-state index in [1.54, 1.807) is 33.0 Å². The van der Waals surface area contributed by atoms with Crippen LogP contribution in [0.2, 0.25) is 0 Å². The molecule has 0 aliphatic carbocycles. The van der Waals surface area contributed by atoms with Gasteiger partial charge in [-0.1, -0.05) is 0 Å². The van der Waals surface area contributed by atoms with Gasteiger partial charge in [0.15, 0.2) is 0 Å². The van der Waals surface area contributed by atoms with Crippen LogP contribution in [0.15, 0.2) is 29.2 Å². The highest BCUT2D eigenvalue weighted by atomic mass is 32.2. The Balaban J connectivity index is 2.90. The highest BCUT2D eigenvalue weighted by Gasteiger charge is 2.15. The predicted molar refractivity (Wildman–Crippen MR) is 72.8 cm³/mol. The summed E-state index contributed by atoms with van der Waals surface area (Å²) in [7, 11) is -1.88. The average Bonchev–Trinajstić information content (AvgIpc) is 2.26. The van der Waals surface area contributed by atoms with Gasteiger partial charge in [0.25, 0.3) is 0 Å². The fraction of sp³-hybridized carbons (Fsp3) is 0.417. The molecule has 106 valence electrons. The van der Waals surface area contributed by atoms with E-state index in [0.29, 0.717) is 5.69 Å². The number of hydrogen-bond donors (Lipinski definition) is 2. The van der Waals surface area contributed by atoms with E-state index in [9.17, 15) is 13.2 Å². The summed E-state index contributed by atoms with van der Waals surface area (Å²) >= 11 is 0. The molecule has 2 N–H and O–H groups in total. The normalized spacial score (nSPS) is 11.6. The molecule has 0 bridgehead atoms. The second-order valence-electron chi connectivity index (χ2n) is 4.52. The van der Waals surface area contributed by atoms with E-state index in [1.165, 1.54) is 17.0 Å². The molecular formula is C12H18N2O4S. The van der Waals surface area contributed by atoms with Crippen molar-refractivity contribution in [1.82, 2.24) is 4.72 Å². The van der Waals surface area contributed by atoms with Gasteiger partial charge in [0.05, 0.1) is 4.90 Å². The number of rotatable bonds is 6. The standard InChI is InChI=1S/C12H18N2O4S/c1-9(2)13-19(17,18)11-6-4-10(5-7-11)14(3)8-12(15)16/h4-7,9,13H,8H2,1-3H3,(H,15,16). The van der Waals surface area contributed by atoms with Crippen LogP contribution in [0.25, 0.3) is 0 Å². The van der Waals surface area contributed by atoms with Crippen LogP contribution in [0.3, 0.4) is 0 Å². The van der Waals surface area contributed by atoms with Crippen LogP contribution in [0.5, 0.6) is 0 Å². The van der Waals surface area contributed by atoms with Gasteiger partial charge < -0.3 is 10.0 Å².